The Morgan fingerprint density at radius 1 is 1.63 bits per heavy atom. The van der Waals surface area contributed by atoms with Crippen LogP contribution in [0.5, 0.6) is 0 Å². The summed E-state index contributed by atoms with van der Waals surface area (Å²) in [5, 5.41) is 10.6. The number of aromatic nitrogens is 1. The van der Waals surface area contributed by atoms with Gasteiger partial charge in [-0.1, -0.05) is 0 Å². The van der Waals surface area contributed by atoms with Crippen LogP contribution in [0, 0.1) is 10.1 Å². The topological polar surface area (TPSA) is 82.5 Å². The van der Waals surface area contributed by atoms with Crippen molar-refractivity contribution in [2.75, 3.05) is 33.7 Å². The maximum absolute atomic E-state index is 12.0. The first-order valence-electron chi connectivity index (χ1n) is 6.22. The minimum atomic E-state index is -0.509. The van der Waals surface area contributed by atoms with Crippen molar-refractivity contribution in [1.82, 2.24) is 14.8 Å². The Balaban J connectivity index is 1.92. The number of ketones is 1. The summed E-state index contributed by atoms with van der Waals surface area (Å²) in [6, 6.07) is 1.77. The summed E-state index contributed by atoms with van der Waals surface area (Å²) in [5.74, 6) is -0.104. The van der Waals surface area contributed by atoms with Gasteiger partial charge in [0.25, 0.3) is 5.69 Å². The number of carbonyl (C=O) groups excluding carboxylic acids is 1. The SMILES string of the molecule is CN(C)C1CCN(CC(=O)c2cc([N+](=O)[O-])c[nH]2)C1. The summed E-state index contributed by atoms with van der Waals surface area (Å²) in [7, 11) is 4.06. The van der Waals surface area contributed by atoms with Crippen LogP contribution in [0.15, 0.2) is 12.3 Å². The lowest BCUT2D eigenvalue weighted by Crippen LogP contribution is -2.33. The molecule has 0 amide bonds. The summed E-state index contributed by atoms with van der Waals surface area (Å²) in [6.07, 6.45) is 2.30. The summed E-state index contributed by atoms with van der Waals surface area (Å²) in [5.41, 5.74) is 0.232. The monoisotopic (exact) mass is 266 g/mol. The Hall–Kier alpha value is -1.73. The van der Waals surface area contributed by atoms with Gasteiger partial charge in [0, 0.05) is 25.2 Å². The maximum Gasteiger partial charge on any atom is 0.287 e. The first kappa shape index (κ1) is 13.7. The fourth-order valence-corrected chi connectivity index (χ4v) is 2.31. The van der Waals surface area contributed by atoms with E-state index in [2.05, 4.69) is 14.8 Å². The predicted octanol–water partition coefficient (Wildman–Crippen LogP) is 0.741. The molecule has 0 spiro atoms. The van der Waals surface area contributed by atoms with Crippen LogP contribution < -0.4 is 0 Å². The first-order valence-corrected chi connectivity index (χ1v) is 6.22. The standard InChI is InChI=1S/C12H18N4O3/c1-14(2)9-3-4-15(7-9)8-12(17)11-5-10(6-13-11)16(18)19/h5-6,9,13H,3-4,7-8H2,1-2H3. The Bertz CT molecular complexity index is 483. The lowest BCUT2D eigenvalue weighted by atomic mass is 10.2. The zero-order valence-corrected chi connectivity index (χ0v) is 11.1. The molecule has 0 saturated carbocycles. The zero-order chi connectivity index (χ0) is 14.0. The van der Waals surface area contributed by atoms with E-state index < -0.39 is 4.92 Å². The average Bonchev–Trinajstić information content (AvgIpc) is 2.96. The van der Waals surface area contributed by atoms with Crippen molar-refractivity contribution >= 4 is 11.5 Å². The van der Waals surface area contributed by atoms with E-state index in [1.54, 1.807) is 0 Å². The smallest absolute Gasteiger partial charge is 0.287 e. The van der Waals surface area contributed by atoms with Gasteiger partial charge < -0.3 is 9.88 Å². The van der Waals surface area contributed by atoms with E-state index in [-0.39, 0.29) is 11.5 Å². The van der Waals surface area contributed by atoms with Gasteiger partial charge in [-0.3, -0.25) is 19.8 Å². The second kappa shape index (κ2) is 5.50. The fraction of sp³-hybridized carbons (Fsp3) is 0.583. The van der Waals surface area contributed by atoms with E-state index in [9.17, 15) is 14.9 Å². The molecule has 0 radical (unpaired) electrons. The van der Waals surface area contributed by atoms with Crippen LogP contribution in [-0.2, 0) is 0 Å². The molecule has 1 saturated heterocycles. The van der Waals surface area contributed by atoms with Crippen LogP contribution >= 0.6 is 0 Å². The van der Waals surface area contributed by atoms with E-state index in [1.165, 1.54) is 12.3 Å². The Morgan fingerprint density at radius 2 is 2.37 bits per heavy atom. The van der Waals surface area contributed by atoms with Crippen molar-refractivity contribution in [3.63, 3.8) is 0 Å². The summed E-state index contributed by atoms with van der Waals surface area (Å²) >= 11 is 0. The number of aromatic amines is 1. The van der Waals surface area contributed by atoms with Crippen LogP contribution in [-0.4, -0.2) is 65.3 Å². The highest BCUT2D eigenvalue weighted by molar-refractivity contribution is 5.96. The largest absolute Gasteiger partial charge is 0.353 e. The Morgan fingerprint density at radius 3 is 2.89 bits per heavy atom. The highest BCUT2D eigenvalue weighted by atomic mass is 16.6. The molecule has 1 unspecified atom stereocenters. The van der Waals surface area contributed by atoms with E-state index in [0.29, 0.717) is 18.3 Å². The van der Waals surface area contributed by atoms with Crippen LogP contribution in [0.4, 0.5) is 5.69 Å². The van der Waals surface area contributed by atoms with Crippen LogP contribution in [0.3, 0.4) is 0 Å². The minimum Gasteiger partial charge on any atom is -0.353 e. The number of nitrogens with zero attached hydrogens (tertiary/aromatic N) is 3. The predicted molar refractivity (Wildman–Crippen MR) is 70.3 cm³/mol. The quantitative estimate of drug-likeness (QED) is 0.483. The molecule has 0 aliphatic carbocycles. The van der Waals surface area contributed by atoms with Crippen molar-refractivity contribution in [2.24, 2.45) is 0 Å². The van der Waals surface area contributed by atoms with Crippen LogP contribution in [0.25, 0.3) is 0 Å². The maximum atomic E-state index is 12.0. The van der Waals surface area contributed by atoms with Crippen LogP contribution in [0.1, 0.15) is 16.9 Å². The third-order valence-corrected chi connectivity index (χ3v) is 3.52. The molecule has 0 aromatic carbocycles. The van der Waals surface area contributed by atoms with E-state index >= 15 is 0 Å². The Labute approximate surface area is 111 Å². The van der Waals surface area contributed by atoms with Gasteiger partial charge in [0.1, 0.15) is 0 Å². The first-order chi connectivity index (χ1) is 8.97. The number of carbonyl (C=O) groups is 1. The lowest BCUT2D eigenvalue weighted by Gasteiger charge is -2.19. The lowest BCUT2D eigenvalue weighted by molar-refractivity contribution is -0.384. The minimum absolute atomic E-state index is 0.0732. The zero-order valence-electron chi connectivity index (χ0n) is 11.1. The molecule has 1 fully saturated rings. The normalized spacial score (nSPS) is 20.1. The second-order valence-corrected chi connectivity index (χ2v) is 5.09. The molecule has 1 aromatic rings. The summed E-state index contributed by atoms with van der Waals surface area (Å²) in [4.78, 5) is 29.0. The van der Waals surface area contributed by atoms with Crippen molar-refractivity contribution in [1.29, 1.82) is 0 Å². The van der Waals surface area contributed by atoms with Gasteiger partial charge in [-0.25, -0.2) is 0 Å². The summed E-state index contributed by atoms with van der Waals surface area (Å²) in [6.45, 7) is 2.06. The third kappa shape index (κ3) is 3.18. The highest BCUT2D eigenvalue weighted by Crippen LogP contribution is 2.16. The molecule has 7 nitrogen and oxygen atoms in total. The number of Topliss-reactive ketones (excluding diaryl/α,β-unsaturated/α-hetero) is 1. The van der Waals surface area contributed by atoms with Crippen LogP contribution in [0.2, 0.25) is 0 Å². The van der Waals surface area contributed by atoms with Crippen molar-refractivity contribution in [2.45, 2.75) is 12.5 Å². The van der Waals surface area contributed by atoms with Gasteiger partial charge in [-0.15, -0.1) is 0 Å². The molecule has 0 bridgehead atoms. The van der Waals surface area contributed by atoms with E-state index in [0.717, 1.165) is 19.5 Å². The molecule has 104 valence electrons. The second-order valence-electron chi connectivity index (χ2n) is 5.09. The van der Waals surface area contributed by atoms with E-state index in [1.807, 2.05) is 14.1 Å². The number of nitro groups is 1. The third-order valence-electron chi connectivity index (χ3n) is 3.52. The molecule has 1 aromatic heterocycles. The number of hydrogen-bond donors (Lipinski definition) is 1. The molecular weight excluding hydrogens is 248 g/mol. The number of likely N-dealkylation sites (tertiary alicyclic amines) is 1. The fourth-order valence-electron chi connectivity index (χ4n) is 2.31. The molecule has 1 aliphatic heterocycles. The highest BCUT2D eigenvalue weighted by Gasteiger charge is 2.26. The van der Waals surface area contributed by atoms with Gasteiger partial charge in [-0.2, -0.15) is 0 Å². The van der Waals surface area contributed by atoms with Crippen molar-refractivity contribution < 1.29 is 9.72 Å². The Kier molecular flexibility index (Phi) is 3.96. The number of hydrogen-bond acceptors (Lipinski definition) is 5. The molecule has 19 heavy (non-hydrogen) atoms. The number of rotatable bonds is 5. The number of likely N-dealkylation sites (N-methyl/N-ethyl adjacent to an activating group) is 1. The average molecular weight is 266 g/mol. The molecule has 2 rings (SSSR count). The molecule has 7 heteroatoms. The summed E-state index contributed by atoms with van der Waals surface area (Å²) < 4.78 is 0. The number of nitrogens with one attached hydrogen (secondary N) is 1. The van der Waals surface area contributed by atoms with Crippen molar-refractivity contribution in [3.8, 4) is 0 Å². The van der Waals surface area contributed by atoms with Gasteiger partial charge >= 0.3 is 0 Å². The van der Waals surface area contributed by atoms with E-state index in [4.69, 9.17) is 0 Å². The van der Waals surface area contributed by atoms with Gasteiger partial charge in [0.15, 0.2) is 5.78 Å². The van der Waals surface area contributed by atoms with Gasteiger partial charge in [0.2, 0.25) is 0 Å². The molecule has 1 N–H and O–H groups in total. The van der Waals surface area contributed by atoms with Crippen molar-refractivity contribution in [3.05, 3.63) is 28.1 Å². The molecular formula is C12H18N4O3. The van der Waals surface area contributed by atoms with Gasteiger partial charge in [0.05, 0.1) is 23.4 Å². The molecule has 2 heterocycles. The van der Waals surface area contributed by atoms with Gasteiger partial charge in [-0.05, 0) is 20.5 Å². The number of H-pyrrole nitrogens is 1. The molecule has 1 aliphatic rings. The molecule has 1 atom stereocenters.